The summed E-state index contributed by atoms with van der Waals surface area (Å²) in [4.78, 5) is 8.62. The molecule has 0 saturated heterocycles. The Morgan fingerprint density at radius 2 is 1.95 bits per heavy atom. The number of methoxy groups -OCH3 is 1. The Morgan fingerprint density at radius 1 is 1.15 bits per heavy atom. The van der Waals surface area contributed by atoms with Gasteiger partial charge in [0.25, 0.3) is 0 Å². The van der Waals surface area contributed by atoms with Crippen molar-refractivity contribution in [2.45, 2.75) is 26.7 Å². The van der Waals surface area contributed by atoms with Crippen LogP contribution in [0.5, 0.6) is 5.88 Å². The van der Waals surface area contributed by atoms with E-state index in [1.54, 1.807) is 7.11 Å². The second-order valence-corrected chi connectivity index (χ2v) is 4.22. The Hall–Kier alpha value is -1.44. The van der Waals surface area contributed by atoms with Gasteiger partial charge in [-0.3, -0.25) is 0 Å². The van der Waals surface area contributed by atoms with E-state index in [1.165, 1.54) is 0 Å². The zero-order valence-corrected chi connectivity index (χ0v) is 12.4. The number of aromatic nitrogens is 2. The molecule has 1 rings (SSSR count). The zero-order chi connectivity index (χ0) is 14.8. The molecule has 0 spiro atoms. The third kappa shape index (κ3) is 5.28. The lowest BCUT2D eigenvalue weighted by atomic mass is 10.3. The van der Waals surface area contributed by atoms with Crippen molar-refractivity contribution in [1.29, 1.82) is 0 Å². The lowest BCUT2D eigenvalue weighted by molar-refractivity contribution is 0.0793. The van der Waals surface area contributed by atoms with E-state index in [0.29, 0.717) is 43.9 Å². The lowest BCUT2D eigenvalue weighted by Gasteiger charge is -2.12. The van der Waals surface area contributed by atoms with E-state index in [9.17, 15) is 0 Å². The largest absolute Gasteiger partial charge is 0.475 e. The molecule has 114 valence electrons. The van der Waals surface area contributed by atoms with Crippen molar-refractivity contribution in [2.75, 3.05) is 39.0 Å². The Bertz CT molecular complexity index is 401. The Kier molecular flexibility index (Phi) is 7.86. The molecule has 1 aromatic rings. The van der Waals surface area contributed by atoms with Crippen LogP contribution in [0.15, 0.2) is 0 Å². The zero-order valence-electron chi connectivity index (χ0n) is 12.4. The van der Waals surface area contributed by atoms with Crippen molar-refractivity contribution in [3.63, 3.8) is 0 Å². The molecule has 0 radical (unpaired) electrons. The Balaban J connectivity index is 2.43. The number of aryl methyl sites for hydroxylation is 1. The predicted molar refractivity (Wildman–Crippen MR) is 76.8 cm³/mol. The molecular weight excluding hydrogens is 260 g/mol. The first-order valence-corrected chi connectivity index (χ1v) is 6.76. The molecule has 7 heteroatoms. The van der Waals surface area contributed by atoms with Crippen molar-refractivity contribution in [1.82, 2.24) is 9.97 Å². The van der Waals surface area contributed by atoms with Gasteiger partial charge in [0, 0.05) is 26.7 Å². The van der Waals surface area contributed by atoms with Crippen LogP contribution in [0.4, 0.5) is 5.82 Å². The van der Waals surface area contributed by atoms with Crippen LogP contribution in [-0.4, -0.2) is 43.5 Å². The van der Waals surface area contributed by atoms with E-state index >= 15 is 0 Å². The summed E-state index contributed by atoms with van der Waals surface area (Å²) < 4.78 is 16.0. The standard InChI is InChI=1S/C13H24N4O3/c1-4-11-15-12(17-14)10(2)13(16-11)20-9-8-19-7-5-6-18-3/h4-9,14H2,1-3H3,(H,15,16,17). The third-order valence-corrected chi connectivity index (χ3v) is 2.70. The minimum atomic E-state index is 0.442. The molecule has 1 aromatic heterocycles. The van der Waals surface area contributed by atoms with Gasteiger partial charge in [-0.2, -0.15) is 4.98 Å². The van der Waals surface area contributed by atoms with Gasteiger partial charge in [-0.25, -0.2) is 10.8 Å². The van der Waals surface area contributed by atoms with Crippen molar-refractivity contribution >= 4 is 5.82 Å². The molecule has 20 heavy (non-hydrogen) atoms. The fourth-order valence-corrected chi connectivity index (χ4v) is 1.58. The van der Waals surface area contributed by atoms with Crippen LogP contribution in [0.3, 0.4) is 0 Å². The van der Waals surface area contributed by atoms with E-state index in [1.807, 2.05) is 13.8 Å². The predicted octanol–water partition coefficient (Wildman–Crippen LogP) is 1.06. The van der Waals surface area contributed by atoms with Crippen molar-refractivity contribution in [2.24, 2.45) is 5.84 Å². The number of hydrogen-bond acceptors (Lipinski definition) is 7. The smallest absolute Gasteiger partial charge is 0.221 e. The number of nitrogens with one attached hydrogen (secondary N) is 1. The van der Waals surface area contributed by atoms with Gasteiger partial charge in [0.05, 0.1) is 12.2 Å². The molecule has 7 nitrogen and oxygen atoms in total. The number of hydrazine groups is 1. The number of nitrogen functional groups attached to an aromatic ring is 1. The molecule has 0 unspecified atom stereocenters. The summed E-state index contributed by atoms with van der Waals surface area (Å²) in [5.41, 5.74) is 3.35. The van der Waals surface area contributed by atoms with Crippen molar-refractivity contribution in [3.05, 3.63) is 11.4 Å². The molecule has 0 aliphatic heterocycles. The number of hydrogen-bond donors (Lipinski definition) is 2. The highest BCUT2D eigenvalue weighted by molar-refractivity contribution is 5.47. The van der Waals surface area contributed by atoms with E-state index in [0.717, 1.165) is 18.4 Å². The highest BCUT2D eigenvalue weighted by Gasteiger charge is 2.10. The molecule has 0 aliphatic rings. The van der Waals surface area contributed by atoms with Gasteiger partial charge in [0.2, 0.25) is 5.88 Å². The van der Waals surface area contributed by atoms with Crippen LogP contribution in [0.1, 0.15) is 24.7 Å². The number of rotatable bonds is 10. The number of nitrogens with two attached hydrogens (primary N) is 1. The highest BCUT2D eigenvalue weighted by atomic mass is 16.5. The molecular formula is C13H24N4O3. The molecule has 0 saturated carbocycles. The van der Waals surface area contributed by atoms with E-state index in [4.69, 9.17) is 20.1 Å². The van der Waals surface area contributed by atoms with Gasteiger partial charge in [-0.15, -0.1) is 0 Å². The maximum Gasteiger partial charge on any atom is 0.221 e. The first-order valence-electron chi connectivity index (χ1n) is 6.76. The van der Waals surface area contributed by atoms with Crippen LogP contribution >= 0.6 is 0 Å². The second-order valence-electron chi connectivity index (χ2n) is 4.22. The summed E-state index contributed by atoms with van der Waals surface area (Å²) >= 11 is 0. The third-order valence-electron chi connectivity index (χ3n) is 2.70. The van der Waals surface area contributed by atoms with Crippen molar-refractivity contribution in [3.8, 4) is 5.88 Å². The summed E-state index contributed by atoms with van der Waals surface area (Å²) in [6.45, 7) is 6.17. The van der Waals surface area contributed by atoms with Crippen LogP contribution in [0.25, 0.3) is 0 Å². The number of ether oxygens (including phenoxy) is 3. The first kappa shape index (κ1) is 16.6. The lowest BCUT2D eigenvalue weighted by Crippen LogP contribution is -2.15. The molecule has 0 amide bonds. The van der Waals surface area contributed by atoms with Gasteiger partial charge in [0.1, 0.15) is 18.2 Å². The summed E-state index contributed by atoms with van der Waals surface area (Å²) in [6.07, 6.45) is 1.60. The highest BCUT2D eigenvalue weighted by Crippen LogP contribution is 2.21. The monoisotopic (exact) mass is 284 g/mol. The van der Waals surface area contributed by atoms with E-state index < -0.39 is 0 Å². The van der Waals surface area contributed by atoms with Gasteiger partial charge >= 0.3 is 0 Å². The second kappa shape index (κ2) is 9.46. The van der Waals surface area contributed by atoms with Crippen LogP contribution in [0, 0.1) is 6.92 Å². The molecule has 0 fully saturated rings. The minimum Gasteiger partial charge on any atom is -0.475 e. The summed E-state index contributed by atoms with van der Waals surface area (Å²) in [5.74, 6) is 7.26. The van der Waals surface area contributed by atoms with Crippen LogP contribution < -0.4 is 16.0 Å². The average Bonchev–Trinajstić information content (AvgIpc) is 2.47. The maximum atomic E-state index is 5.63. The van der Waals surface area contributed by atoms with Gasteiger partial charge < -0.3 is 19.6 Å². The molecule has 3 N–H and O–H groups in total. The fraction of sp³-hybridized carbons (Fsp3) is 0.692. The summed E-state index contributed by atoms with van der Waals surface area (Å²) in [7, 11) is 1.68. The first-order chi connectivity index (χ1) is 9.72. The number of nitrogens with zero attached hydrogens (tertiary/aromatic N) is 2. The summed E-state index contributed by atoms with van der Waals surface area (Å²) in [5, 5.41) is 0. The topological polar surface area (TPSA) is 91.5 Å². The Morgan fingerprint density at radius 3 is 2.60 bits per heavy atom. The molecule has 0 aliphatic carbocycles. The fourth-order valence-electron chi connectivity index (χ4n) is 1.58. The molecule has 1 heterocycles. The van der Waals surface area contributed by atoms with E-state index in [-0.39, 0.29) is 0 Å². The maximum absolute atomic E-state index is 5.63. The van der Waals surface area contributed by atoms with Crippen molar-refractivity contribution < 1.29 is 14.2 Å². The molecule has 0 bridgehead atoms. The van der Waals surface area contributed by atoms with Crippen LogP contribution in [-0.2, 0) is 15.9 Å². The quantitative estimate of drug-likeness (QED) is 0.377. The normalized spacial score (nSPS) is 10.6. The van der Waals surface area contributed by atoms with Crippen LogP contribution in [0.2, 0.25) is 0 Å². The number of anilines is 1. The molecule has 0 atom stereocenters. The summed E-state index contributed by atoms with van der Waals surface area (Å²) in [6, 6.07) is 0. The van der Waals surface area contributed by atoms with E-state index in [2.05, 4.69) is 15.4 Å². The SMILES string of the molecule is CCc1nc(NN)c(C)c(OCCOCCCOC)n1. The average molecular weight is 284 g/mol. The van der Waals surface area contributed by atoms with Gasteiger partial charge in [-0.05, 0) is 13.3 Å². The van der Waals surface area contributed by atoms with Gasteiger partial charge in [-0.1, -0.05) is 6.92 Å². The Labute approximate surface area is 119 Å². The molecule has 0 aromatic carbocycles. The van der Waals surface area contributed by atoms with Gasteiger partial charge in [0.15, 0.2) is 0 Å². The minimum absolute atomic E-state index is 0.442.